The normalized spacial score (nSPS) is 16.2. The molecule has 0 amide bonds. The number of nitrogens with zero attached hydrogens (tertiary/aromatic N) is 7. The SMILES string of the molecule is COc1ccc(CN(c2noc3cc(Nc4cc(C5CC5)n(C5CCCCO5)n4)c(OC)cc23)S(=O)(=O)c2c(OC)cc(-c3nccc(C(C)N(C)C)n3)cc2OC)cc1. The van der Waals surface area contributed by atoms with Crippen molar-refractivity contribution in [2.24, 2.45) is 0 Å². The lowest BCUT2D eigenvalue weighted by Gasteiger charge is -2.25. The summed E-state index contributed by atoms with van der Waals surface area (Å²) in [5.41, 5.74) is 3.99. The van der Waals surface area contributed by atoms with Crippen molar-refractivity contribution in [1.82, 2.24) is 29.8 Å². The van der Waals surface area contributed by atoms with Gasteiger partial charge in [0.15, 0.2) is 34.2 Å². The number of hydrogen-bond acceptors (Lipinski definition) is 14. The Hall–Kier alpha value is -5.91. The van der Waals surface area contributed by atoms with Gasteiger partial charge in [0.05, 0.1) is 51.8 Å². The number of ether oxygens (including phenoxy) is 5. The summed E-state index contributed by atoms with van der Waals surface area (Å²) in [4.78, 5) is 11.1. The van der Waals surface area contributed by atoms with Gasteiger partial charge in [-0.2, -0.15) is 5.10 Å². The number of benzene rings is 3. The second-order valence-electron chi connectivity index (χ2n) is 15.2. The molecule has 8 rings (SSSR count). The van der Waals surface area contributed by atoms with Crippen molar-refractivity contribution in [3.05, 3.63) is 83.8 Å². The number of methoxy groups -OCH3 is 4. The lowest BCUT2D eigenvalue weighted by atomic mass is 10.1. The van der Waals surface area contributed by atoms with Gasteiger partial charge >= 0.3 is 0 Å². The van der Waals surface area contributed by atoms with Crippen LogP contribution in [-0.2, 0) is 21.3 Å². The Bertz CT molecular complexity index is 2560. The molecule has 2 atom stereocenters. The molecule has 1 saturated heterocycles. The molecule has 6 aromatic rings. The minimum absolute atomic E-state index is 0.00432. The lowest BCUT2D eigenvalue weighted by Crippen LogP contribution is -2.31. The number of rotatable bonds is 16. The number of sulfonamides is 1. The molecule has 17 heteroatoms. The van der Waals surface area contributed by atoms with Crippen molar-refractivity contribution in [3.63, 3.8) is 0 Å². The fourth-order valence-corrected chi connectivity index (χ4v) is 9.08. The molecule has 1 aliphatic heterocycles. The van der Waals surface area contributed by atoms with Crippen molar-refractivity contribution in [2.75, 3.05) is 58.8 Å². The van der Waals surface area contributed by atoms with Crippen LogP contribution < -0.4 is 28.6 Å². The van der Waals surface area contributed by atoms with E-state index in [1.54, 1.807) is 68.9 Å². The zero-order valence-corrected chi connectivity index (χ0v) is 35.7. The Kier molecular flexibility index (Phi) is 11.6. The first-order valence-electron chi connectivity index (χ1n) is 19.9. The Balaban J connectivity index is 1.20. The van der Waals surface area contributed by atoms with Crippen LogP contribution in [0.25, 0.3) is 22.4 Å². The quantitative estimate of drug-likeness (QED) is 0.100. The number of anilines is 3. The predicted octanol–water partition coefficient (Wildman–Crippen LogP) is 7.85. The summed E-state index contributed by atoms with van der Waals surface area (Å²) in [6.07, 6.45) is 6.85. The average molecular weight is 839 g/mol. The largest absolute Gasteiger partial charge is 0.497 e. The lowest BCUT2D eigenvalue weighted by molar-refractivity contribution is -0.0409. The number of hydrogen-bond donors (Lipinski definition) is 1. The van der Waals surface area contributed by atoms with Crippen LogP contribution in [0, 0.1) is 0 Å². The van der Waals surface area contributed by atoms with Gasteiger partial charge in [-0.3, -0.25) is 0 Å². The molecule has 316 valence electrons. The Morgan fingerprint density at radius 1 is 0.900 bits per heavy atom. The molecule has 0 spiro atoms. The topological polar surface area (TPSA) is 168 Å². The molecular weight excluding hydrogens is 789 g/mol. The summed E-state index contributed by atoms with van der Waals surface area (Å²) >= 11 is 0. The van der Waals surface area contributed by atoms with Crippen molar-refractivity contribution in [3.8, 4) is 34.4 Å². The van der Waals surface area contributed by atoms with E-state index in [1.165, 1.54) is 18.5 Å². The minimum Gasteiger partial charge on any atom is -0.497 e. The maximum absolute atomic E-state index is 15.3. The average Bonchev–Trinajstić information content (AvgIpc) is 3.92. The molecule has 2 unspecified atom stereocenters. The van der Waals surface area contributed by atoms with E-state index < -0.39 is 10.0 Å². The van der Waals surface area contributed by atoms with Gasteiger partial charge in [-0.1, -0.05) is 17.3 Å². The van der Waals surface area contributed by atoms with E-state index in [-0.39, 0.29) is 41.0 Å². The van der Waals surface area contributed by atoms with Crippen LogP contribution in [0.1, 0.15) is 74.2 Å². The zero-order valence-electron chi connectivity index (χ0n) is 34.8. The van der Waals surface area contributed by atoms with Crippen LogP contribution in [-0.4, -0.2) is 87.4 Å². The van der Waals surface area contributed by atoms with Crippen LogP contribution >= 0.6 is 0 Å². The summed E-state index contributed by atoms with van der Waals surface area (Å²) in [5, 5.41) is 13.1. The van der Waals surface area contributed by atoms with Gasteiger partial charge in [0.25, 0.3) is 10.0 Å². The van der Waals surface area contributed by atoms with Gasteiger partial charge in [-0.05, 0) is 95.1 Å². The van der Waals surface area contributed by atoms with E-state index in [9.17, 15) is 0 Å². The summed E-state index contributed by atoms with van der Waals surface area (Å²) in [5.74, 6) is 2.60. The molecule has 1 saturated carbocycles. The third-order valence-electron chi connectivity index (χ3n) is 11.1. The van der Waals surface area contributed by atoms with Crippen molar-refractivity contribution in [2.45, 2.75) is 68.7 Å². The third-order valence-corrected chi connectivity index (χ3v) is 12.9. The fourth-order valence-electron chi connectivity index (χ4n) is 7.39. The Morgan fingerprint density at radius 3 is 2.27 bits per heavy atom. The molecule has 16 nitrogen and oxygen atoms in total. The molecule has 60 heavy (non-hydrogen) atoms. The second kappa shape index (κ2) is 17.0. The molecule has 1 N–H and O–H groups in total. The van der Waals surface area contributed by atoms with Crippen LogP contribution in [0.4, 0.5) is 17.3 Å². The van der Waals surface area contributed by atoms with Crippen LogP contribution in [0.3, 0.4) is 0 Å². The predicted molar refractivity (Wildman–Crippen MR) is 226 cm³/mol. The third kappa shape index (κ3) is 8.03. The van der Waals surface area contributed by atoms with Crippen molar-refractivity contribution in [1.29, 1.82) is 0 Å². The van der Waals surface area contributed by atoms with Gasteiger partial charge in [0.1, 0.15) is 23.0 Å². The maximum atomic E-state index is 15.3. The zero-order chi connectivity index (χ0) is 42.1. The summed E-state index contributed by atoms with van der Waals surface area (Å²) in [6.45, 7) is 2.61. The highest BCUT2D eigenvalue weighted by molar-refractivity contribution is 7.93. The first-order valence-corrected chi connectivity index (χ1v) is 21.3. The van der Waals surface area contributed by atoms with E-state index in [2.05, 4.69) is 21.5 Å². The van der Waals surface area contributed by atoms with Gasteiger partial charge < -0.3 is 38.4 Å². The fraction of sp³-hybridized carbons (Fsp3) is 0.395. The van der Waals surface area contributed by atoms with E-state index in [1.807, 2.05) is 36.7 Å². The number of fused-ring (bicyclic) bond motifs is 1. The highest BCUT2D eigenvalue weighted by Crippen LogP contribution is 2.45. The van der Waals surface area contributed by atoms with Gasteiger partial charge in [-0.25, -0.2) is 27.4 Å². The van der Waals surface area contributed by atoms with Gasteiger partial charge in [0.2, 0.25) is 0 Å². The van der Waals surface area contributed by atoms with Crippen LogP contribution in [0.5, 0.6) is 23.0 Å². The first-order chi connectivity index (χ1) is 29.0. The Labute approximate surface area is 349 Å². The molecule has 3 aromatic carbocycles. The minimum atomic E-state index is -4.54. The van der Waals surface area contributed by atoms with E-state index in [4.69, 9.17) is 38.3 Å². The Morgan fingerprint density at radius 2 is 1.63 bits per heavy atom. The van der Waals surface area contributed by atoms with E-state index in [0.29, 0.717) is 63.4 Å². The molecule has 0 bridgehead atoms. The molecule has 2 aliphatic rings. The number of nitrogens with one attached hydrogen (secondary N) is 1. The molecule has 4 heterocycles. The van der Waals surface area contributed by atoms with Gasteiger partial charge in [-0.15, -0.1) is 0 Å². The van der Waals surface area contributed by atoms with E-state index >= 15 is 8.42 Å². The highest BCUT2D eigenvalue weighted by Gasteiger charge is 2.37. The van der Waals surface area contributed by atoms with E-state index in [0.717, 1.165) is 43.5 Å². The van der Waals surface area contributed by atoms with Crippen molar-refractivity contribution >= 4 is 38.3 Å². The smallest absolute Gasteiger partial charge is 0.273 e. The van der Waals surface area contributed by atoms with Crippen LogP contribution in [0.15, 0.2) is 76.3 Å². The monoisotopic (exact) mass is 838 g/mol. The summed E-state index contributed by atoms with van der Waals surface area (Å²) in [6, 6.07) is 17.7. The highest BCUT2D eigenvalue weighted by atomic mass is 32.2. The molecule has 3 aromatic heterocycles. The first kappa shape index (κ1) is 40.9. The van der Waals surface area contributed by atoms with Gasteiger partial charge in [0, 0.05) is 48.2 Å². The summed E-state index contributed by atoms with van der Waals surface area (Å²) < 4.78 is 68.7. The summed E-state index contributed by atoms with van der Waals surface area (Å²) in [7, 11) is 5.32. The number of aromatic nitrogens is 5. The van der Waals surface area contributed by atoms with Crippen LogP contribution in [0.2, 0.25) is 0 Å². The van der Waals surface area contributed by atoms with Crippen molar-refractivity contribution < 1.29 is 36.6 Å². The molecule has 2 fully saturated rings. The standard InChI is InChI=1S/C43H50N8O8S/c1-26(49(2)3)32-17-18-44-42(46-32)29-20-37(56-6)41(38(21-29)57-7)60(52,53)50(25-27-11-15-30(54-4)16-12-27)43-31-22-36(55-5)33(23-35(31)59-48-43)45-39-24-34(28-13-14-28)51(47-39)40-10-8-9-19-58-40/h11-12,15-18,20-24,26,28,40H,8-10,13-14,19,25H2,1-7H3,(H,45,47). The molecule has 1 aliphatic carbocycles. The molecule has 0 radical (unpaired) electrons. The second-order valence-corrected chi connectivity index (χ2v) is 17.0. The maximum Gasteiger partial charge on any atom is 0.273 e. The molecular formula is C43H50N8O8S.